The summed E-state index contributed by atoms with van der Waals surface area (Å²) in [6.45, 7) is 0.186. The van der Waals surface area contributed by atoms with Gasteiger partial charge in [0, 0.05) is 49.0 Å². The summed E-state index contributed by atoms with van der Waals surface area (Å²) in [6, 6.07) is 9.54. The third kappa shape index (κ3) is 4.44. The van der Waals surface area contributed by atoms with E-state index in [1.54, 1.807) is 47.8 Å². The summed E-state index contributed by atoms with van der Waals surface area (Å²) in [4.78, 5) is 12.8. The van der Waals surface area contributed by atoms with Gasteiger partial charge in [0.1, 0.15) is 0 Å². The van der Waals surface area contributed by atoms with E-state index in [1.165, 1.54) is 12.1 Å². The van der Waals surface area contributed by atoms with E-state index in [4.69, 9.17) is 4.74 Å². The maximum Gasteiger partial charge on any atom is 0.416 e. The van der Waals surface area contributed by atoms with Crippen LogP contribution in [-0.2, 0) is 18.0 Å². The lowest BCUT2D eigenvalue weighted by molar-refractivity contribution is -0.137. The number of fused-ring (bicyclic) bond motifs is 3. The molecule has 2 aromatic heterocycles. The molecule has 0 spiro atoms. The molecule has 1 atom stereocenters. The van der Waals surface area contributed by atoms with Crippen molar-refractivity contribution in [3.63, 3.8) is 0 Å². The third-order valence-electron chi connectivity index (χ3n) is 5.49. The van der Waals surface area contributed by atoms with Crippen LogP contribution in [0.3, 0.4) is 0 Å². The van der Waals surface area contributed by atoms with Gasteiger partial charge in [-0.25, -0.2) is 0 Å². The number of benzene rings is 2. The molecule has 2 N–H and O–H groups in total. The minimum atomic E-state index is -4.42. The fourth-order valence-corrected chi connectivity index (χ4v) is 3.83. The van der Waals surface area contributed by atoms with Crippen LogP contribution in [-0.4, -0.2) is 51.7 Å². The monoisotopic (exact) mass is 460 g/mol. The highest BCUT2D eigenvalue weighted by atomic mass is 19.4. The zero-order chi connectivity index (χ0) is 23.8. The molecule has 2 aromatic carbocycles. The molecule has 0 aliphatic carbocycles. The number of halogens is 3. The number of ether oxygens (including phenoxy) is 1. The van der Waals surface area contributed by atoms with Gasteiger partial charge in [-0.3, -0.25) is 14.0 Å². The Morgan fingerprint density at radius 3 is 2.55 bits per heavy atom. The van der Waals surface area contributed by atoms with Crippen LogP contribution in [0.2, 0.25) is 0 Å². The van der Waals surface area contributed by atoms with Gasteiger partial charge in [0.2, 0.25) is 0 Å². The fourth-order valence-electron chi connectivity index (χ4n) is 3.83. The quantitative estimate of drug-likeness (QED) is 0.441. The highest BCUT2D eigenvalue weighted by Gasteiger charge is 2.30. The predicted octanol–water partition coefficient (Wildman–Crippen LogP) is 3.66. The summed E-state index contributed by atoms with van der Waals surface area (Å²) in [6.07, 6.45) is -2.15. The molecule has 10 heteroatoms. The Morgan fingerprint density at radius 1 is 1.18 bits per heavy atom. The fraction of sp³-hybridized carbons (Fsp3) is 0.304. The van der Waals surface area contributed by atoms with E-state index < -0.39 is 17.8 Å². The van der Waals surface area contributed by atoms with Crippen LogP contribution >= 0.6 is 0 Å². The Balaban J connectivity index is 1.76. The number of aromatic nitrogens is 3. The molecule has 2 heterocycles. The average molecular weight is 460 g/mol. The van der Waals surface area contributed by atoms with Crippen LogP contribution in [0.25, 0.3) is 27.6 Å². The van der Waals surface area contributed by atoms with Crippen molar-refractivity contribution in [2.75, 3.05) is 20.3 Å². The van der Waals surface area contributed by atoms with Crippen molar-refractivity contribution in [1.82, 2.24) is 19.7 Å². The number of aryl methyl sites for hydroxylation is 1. The Hall–Kier alpha value is -3.37. The highest BCUT2D eigenvalue weighted by Crippen LogP contribution is 2.34. The number of amides is 1. The number of methoxy groups -OCH3 is 1. The molecule has 0 bridgehead atoms. The summed E-state index contributed by atoms with van der Waals surface area (Å²) in [7, 11) is 3.30. The predicted molar refractivity (Wildman–Crippen MR) is 117 cm³/mol. The van der Waals surface area contributed by atoms with E-state index in [9.17, 15) is 23.1 Å². The number of carbonyl (C=O) groups excluding carboxylic acids is 1. The Morgan fingerprint density at radius 2 is 1.91 bits per heavy atom. The first-order chi connectivity index (χ1) is 15.7. The standard InChI is InChI=1S/C23H23F3N4O3/c1-29-12-19-18-11-14(22(32)27-16(13-31)9-10-33-2)3-8-20(18)30(21(19)28-29)17-6-4-15(5-7-17)23(24,25)26/h3-8,11-12,16,31H,9-10,13H2,1-2H3,(H,27,32)/t16-/m0/s1. The lowest BCUT2D eigenvalue weighted by atomic mass is 10.1. The maximum absolute atomic E-state index is 13.0. The molecule has 0 aliphatic heterocycles. The molecule has 0 unspecified atom stereocenters. The molecule has 0 aliphatic rings. The van der Waals surface area contributed by atoms with Gasteiger partial charge in [-0.1, -0.05) is 0 Å². The molecule has 0 saturated carbocycles. The number of aliphatic hydroxyl groups is 1. The van der Waals surface area contributed by atoms with E-state index in [-0.39, 0.29) is 12.5 Å². The van der Waals surface area contributed by atoms with Gasteiger partial charge in [-0.2, -0.15) is 18.3 Å². The maximum atomic E-state index is 13.0. The zero-order valence-corrected chi connectivity index (χ0v) is 18.1. The van der Waals surface area contributed by atoms with Gasteiger partial charge in [0.25, 0.3) is 5.91 Å². The van der Waals surface area contributed by atoms with E-state index in [0.29, 0.717) is 35.4 Å². The lowest BCUT2D eigenvalue weighted by Gasteiger charge is -2.16. The van der Waals surface area contributed by atoms with E-state index in [2.05, 4.69) is 10.4 Å². The van der Waals surface area contributed by atoms with Crippen LogP contribution in [0.5, 0.6) is 0 Å². The minimum Gasteiger partial charge on any atom is -0.394 e. The number of aliphatic hydroxyl groups excluding tert-OH is 1. The van der Waals surface area contributed by atoms with E-state index in [0.717, 1.165) is 22.9 Å². The summed E-state index contributed by atoms with van der Waals surface area (Å²) in [5, 5.41) is 18.3. The number of nitrogens with zero attached hydrogens (tertiary/aromatic N) is 3. The Bertz CT molecular complexity index is 1290. The molecule has 4 rings (SSSR count). The number of alkyl halides is 3. The Kier molecular flexibility index (Phi) is 6.13. The summed E-state index contributed by atoms with van der Waals surface area (Å²) in [5.41, 5.74) is 1.47. The molecule has 0 radical (unpaired) electrons. The van der Waals surface area contributed by atoms with Crippen molar-refractivity contribution in [2.24, 2.45) is 7.05 Å². The lowest BCUT2D eigenvalue weighted by Crippen LogP contribution is -2.38. The second kappa shape index (κ2) is 8.87. The van der Waals surface area contributed by atoms with Gasteiger partial charge in [-0.15, -0.1) is 0 Å². The number of nitrogens with one attached hydrogen (secondary N) is 1. The molecule has 4 aromatic rings. The van der Waals surface area contributed by atoms with Crippen molar-refractivity contribution in [2.45, 2.75) is 18.6 Å². The molecule has 0 saturated heterocycles. The van der Waals surface area contributed by atoms with E-state index in [1.807, 2.05) is 0 Å². The minimum absolute atomic E-state index is 0.214. The molecular weight excluding hydrogens is 437 g/mol. The van der Waals surface area contributed by atoms with Gasteiger partial charge in [0.15, 0.2) is 5.65 Å². The molecule has 174 valence electrons. The largest absolute Gasteiger partial charge is 0.416 e. The van der Waals surface area contributed by atoms with Gasteiger partial charge < -0.3 is 15.2 Å². The van der Waals surface area contributed by atoms with Crippen LogP contribution < -0.4 is 5.32 Å². The van der Waals surface area contributed by atoms with Crippen molar-refractivity contribution in [3.8, 4) is 5.69 Å². The second-order valence-electron chi connectivity index (χ2n) is 7.79. The summed E-state index contributed by atoms with van der Waals surface area (Å²) < 4.78 is 47.4. The number of rotatable bonds is 7. The molecular formula is C23H23F3N4O3. The molecule has 7 nitrogen and oxygen atoms in total. The van der Waals surface area contributed by atoms with Gasteiger partial charge in [0.05, 0.1) is 23.7 Å². The first kappa shape index (κ1) is 22.8. The summed E-state index contributed by atoms with van der Waals surface area (Å²) in [5.74, 6) is -0.341. The SMILES string of the molecule is COCC[C@@H](CO)NC(=O)c1ccc2c(c1)c1cn(C)nc1n2-c1ccc(C(F)(F)F)cc1. The number of hydrogen-bond acceptors (Lipinski definition) is 4. The second-order valence-corrected chi connectivity index (χ2v) is 7.79. The first-order valence-corrected chi connectivity index (χ1v) is 10.3. The highest BCUT2D eigenvalue weighted by molar-refractivity contribution is 6.10. The van der Waals surface area contributed by atoms with E-state index >= 15 is 0 Å². The normalized spacial score (nSPS) is 13.0. The van der Waals surface area contributed by atoms with Crippen LogP contribution in [0, 0.1) is 0 Å². The number of carbonyl (C=O) groups is 1. The molecule has 0 fully saturated rings. The average Bonchev–Trinajstić information content (AvgIpc) is 3.30. The topological polar surface area (TPSA) is 81.3 Å². The molecule has 1 amide bonds. The molecule has 33 heavy (non-hydrogen) atoms. The van der Waals surface area contributed by atoms with Crippen molar-refractivity contribution in [1.29, 1.82) is 0 Å². The van der Waals surface area contributed by atoms with Gasteiger partial charge >= 0.3 is 6.18 Å². The van der Waals surface area contributed by atoms with Crippen LogP contribution in [0.4, 0.5) is 13.2 Å². The number of hydrogen-bond donors (Lipinski definition) is 2. The van der Waals surface area contributed by atoms with Crippen LogP contribution in [0.1, 0.15) is 22.3 Å². The zero-order valence-electron chi connectivity index (χ0n) is 18.1. The van der Waals surface area contributed by atoms with Crippen LogP contribution in [0.15, 0.2) is 48.7 Å². The Labute approximate surface area is 187 Å². The van der Waals surface area contributed by atoms with Crippen molar-refractivity contribution >= 4 is 27.8 Å². The summed E-state index contributed by atoms with van der Waals surface area (Å²) >= 11 is 0. The van der Waals surface area contributed by atoms with Gasteiger partial charge in [-0.05, 0) is 48.9 Å². The third-order valence-corrected chi connectivity index (χ3v) is 5.49. The first-order valence-electron chi connectivity index (χ1n) is 10.3. The smallest absolute Gasteiger partial charge is 0.394 e. The van der Waals surface area contributed by atoms with Crippen molar-refractivity contribution in [3.05, 3.63) is 59.8 Å². The van der Waals surface area contributed by atoms with Crippen molar-refractivity contribution < 1.29 is 27.8 Å².